The van der Waals surface area contributed by atoms with Crippen LogP contribution in [0.25, 0.3) is 0 Å². The highest BCUT2D eigenvalue weighted by atomic mass is 16.5. The van der Waals surface area contributed by atoms with E-state index in [9.17, 15) is 0 Å². The van der Waals surface area contributed by atoms with Crippen molar-refractivity contribution in [3.63, 3.8) is 0 Å². The van der Waals surface area contributed by atoms with Crippen LogP contribution in [0.5, 0.6) is 5.75 Å². The topological polar surface area (TPSA) is 81.2 Å². The first-order valence-corrected chi connectivity index (χ1v) is 4.66. The molecule has 82 valence electrons. The van der Waals surface area contributed by atoms with Gasteiger partial charge in [0.15, 0.2) is 0 Å². The van der Waals surface area contributed by atoms with Gasteiger partial charge in [0.05, 0.1) is 6.61 Å². The number of ether oxygens (including phenoxy) is 2. The van der Waals surface area contributed by atoms with Gasteiger partial charge >= 0.3 is 0 Å². The van der Waals surface area contributed by atoms with Crippen molar-refractivity contribution in [3.05, 3.63) is 24.0 Å². The van der Waals surface area contributed by atoms with Crippen LogP contribution in [0.4, 0.5) is 0 Å². The van der Waals surface area contributed by atoms with Crippen molar-refractivity contribution in [1.29, 1.82) is 5.41 Å². The quantitative estimate of drug-likeness (QED) is 0.412. The molecule has 0 bridgehead atoms. The van der Waals surface area contributed by atoms with E-state index in [1.165, 1.54) is 0 Å². The van der Waals surface area contributed by atoms with Crippen LogP contribution < -0.4 is 10.5 Å². The van der Waals surface area contributed by atoms with Gasteiger partial charge in [0.25, 0.3) is 0 Å². The number of amidine groups is 1. The van der Waals surface area contributed by atoms with Crippen molar-refractivity contribution in [2.75, 3.05) is 20.3 Å². The van der Waals surface area contributed by atoms with Crippen LogP contribution in [0, 0.1) is 5.41 Å². The highest BCUT2D eigenvalue weighted by Crippen LogP contribution is 2.10. The minimum atomic E-state index is -0.0580. The Morgan fingerprint density at radius 3 is 3.00 bits per heavy atom. The molecule has 5 heteroatoms. The SMILES string of the molecule is COCCCOc1ccnc(C(=N)N)c1. The van der Waals surface area contributed by atoms with Crippen LogP contribution in [0.3, 0.4) is 0 Å². The Bertz CT molecular complexity index is 328. The summed E-state index contributed by atoms with van der Waals surface area (Å²) in [4.78, 5) is 3.93. The van der Waals surface area contributed by atoms with Crippen LogP contribution in [-0.4, -0.2) is 31.1 Å². The zero-order valence-electron chi connectivity index (χ0n) is 8.69. The maximum absolute atomic E-state index is 7.21. The number of rotatable bonds is 6. The van der Waals surface area contributed by atoms with Crippen LogP contribution in [0.15, 0.2) is 18.3 Å². The molecular weight excluding hydrogens is 194 g/mol. The smallest absolute Gasteiger partial charge is 0.141 e. The Balaban J connectivity index is 2.47. The van der Waals surface area contributed by atoms with Crippen molar-refractivity contribution < 1.29 is 9.47 Å². The lowest BCUT2D eigenvalue weighted by atomic mass is 10.3. The fourth-order valence-electron chi connectivity index (χ4n) is 1.04. The zero-order valence-corrected chi connectivity index (χ0v) is 8.69. The van der Waals surface area contributed by atoms with E-state index in [-0.39, 0.29) is 5.84 Å². The first kappa shape index (κ1) is 11.5. The highest BCUT2D eigenvalue weighted by Gasteiger charge is 2.00. The second kappa shape index (κ2) is 5.98. The van der Waals surface area contributed by atoms with Crippen LogP contribution >= 0.6 is 0 Å². The molecule has 0 radical (unpaired) electrons. The maximum atomic E-state index is 7.21. The predicted octanol–water partition coefficient (Wildman–Crippen LogP) is 0.781. The first-order valence-electron chi connectivity index (χ1n) is 4.66. The van der Waals surface area contributed by atoms with Gasteiger partial charge in [0.2, 0.25) is 0 Å². The molecule has 0 aliphatic carbocycles. The fourth-order valence-corrected chi connectivity index (χ4v) is 1.04. The van der Waals surface area contributed by atoms with Crippen molar-refractivity contribution in [3.8, 4) is 5.75 Å². The van der Waals surface area contributed by atoms with E-state index in [4.69, 9.17) is 20.6 Å². The average molecular weight is 209 g/mol. The number of pyridine rings is 1. The van der Waals surface area contributed by atoms with Gasteiger partial charge in [-0.25, -0.2) is 0 Å². The minimum Gasteiger partial charge on any atom is -0.493 e. The molecule has 1 aromatic rings. The lowest BCUT2D eigenvalue weighted by Crippen LogP contribution is -2.13. The van der Waals surface area contributed by atoms with Crippen molar-refractivity contribution in [2.45, 2.75) is 6.42 Å². The number of hydrogen-bond donors (Lipinski definition) is 2. The molecule has 3 N–H and O–H groups in total. The van der Waals surface area contributed by atoms with Gasteiger partial charge in [-0.05, 0) is 6.07 Å². The molecule has 15 heavy (non-hydrogen) atoms. The van der Waals surface area contributed by atoms with E-state index in [1.807, 2.05) is 0 Å². The summed E-state index contributed by atoms with van der Waals surface area (Å²) in [5, 5.41) is 7.21. The molecule has 5 nitrogen and oxygen atoms in total. The molecule has 0 amide bonds. The minimum absolute atomic E-state index is 0.0580. The van der Waals surface area contributed by atoms with Gasteiger partial charge in [0.1, 0.15) is 17.3 Å². The summed E-state index contributed by atoms with van der Waals surface area (Å²) < 4.78 is 10.3. The summed E-state index contributed by atoms with van der Waals surface area (Å²) in [5.41, 5.74) is 5.73. The molecule has 1 aromatic heterocycles. The first-order chi connectivity index (χ1) is 7.24. The van der Waals surface area contributed by atoms with Gasteiger partial charge in [-0.2, -0.15) is 0 Å². The number of nitrogens with two attached hydrogens (primary N) is 1. The van der Waals surface area contributed by atoms with Gasteiger partial charge in [-0.15, -0.1) is 0 Å². The zero-order chi connectivity index (χ0) is 11.1. The van der Waals surface area contributed by atoms with Crippen LogP contribution in [0.1, 0.15) is 12.1 Å². The summed E-state index contributed by atoms with van der Waals surface area (Å²) in [6.45, 7) is 1.25. The lowest BCUT2D eigenvalue weighted by Gasteiger charge is -2.06. The summed E-state index contributed by atoms with van der Waals surface area (Å²) in [5.74, 6) is 0.614. The Morgan fingerprint density at radius 1 is 1.53 bits per heavy atom. The Labute approximate surface area is 88.7 Å². The van der Waals surface area contributed by atoms with Crippen molar-refractivity contribution >= 4 is 5.84 Å². The number of nitrogen functional groups attached to an aromatic ring is 1. The summed E-state index contributed by atoms with van der Waals surface area (Å²) in [6.07, 6.45) is 2.40. The molecule has 0 aliphatic rings. The van der Waals surface area contributed by atoms with E-state index >= 15 is 0 Å². The summed E-state index contributed by atoms with van der Waals surface area (Å²) in [7, 11) is 1.65. The number of hydrogen-bond acceptors (Lipinski definition) is 4. The van der Waals surface area contributed by atoms with E-state index < -0.39 is 0 Å². The monoisotopic (exact) mass is 209 g/mol. The number of nitrogens with one attached hydrogen (secondary N) is 1. The van der Waals surface area contributed by atoms with Gasteiger partial charge in [0, 0.05) is 32.4 Å². The molecule has 0 atom stereocenters. The highest BCUT2D eigenvalue weighted by molar-refractivity contribution is 5.93. The second-order valence-electron chi connectivity index (χ2n) is 2.99. The third kappa shape index (κ3) is 3.95. The van der Waals surface area contributed by atoms with E-state index in [0.29, 0.717) is 24.7 Å². The third-order valence-electron chi connectivity index (χ3n) is 1.77. The summed E-state index contributed by atoms with van der Waals surface area (Å²) >= 11 is 0. The maximum Gasteiger partial charge on any atom is 0.141 e. The van der Waals surface area contributed by atoms with Gasteiger partial charge in [-0.3, -0.25) is 10.4 Å². The molecular formula is C10H15N3O2. The van der Waals surface area contributed by atoms with Crippen LogP contribution in [0.2, 0.25) is 0 Å². The number of methoxy groups -OCH3 is 1. The molecule has 0 unspecified atom stereocenters. The van der Waals surface area contributed by atoms with Crippen molar-refractivity contribution in [1.82, 2.24) is 4.98 Å². The normalized spacial score (nSPS) is 9.93. The Hall–Kier alpha value is -1.62. The standard InChI is InChI=1S/C10H15N3O2/c1-14-5-2-6-15-8-3-4-13-9(7-8)10(11)12/h3-4,7H,2,5-6H2,1H3,(H3,11,12). The largest absolute Gasteiger partial charge is 0.493 e. The van der Waals surface area contributed by atoms with Crippen LogP contribution in [-0.2, 0) is 4.74 Å². The Morgan fingerprint density at radius 2 is 2.33 bits per heavy atom. The molecule has 0 aromatic carbocycles. The third-order valence-corrected chi connectivity index (χ3v) is 1.77. The number of aromatic nitrogens is 1. The van der Waals surface area contributed by atoms with E-state index in [0.717, 1.165) is 6.42 Å². The Kier molecular flexibility index (Phi) is 4.56. The lowest BCUT2D eigenvalue weighted by molar-refractivity contribution is 0.172. The molecule has 0 spiro atoms. The summed E-state index contributed by atoms with van der Waals surface area (Å²) in [6, 6.07) is 3.38. The molecule has 0 saturated heterocycles. The molecule has 1 rings (SSSR count). The fraction of sp³-hybridized carbons (Fsp3) is 0.400. The van der Waals surface area contributed by atoms with Gasteiger partial charge in [-0.1, -0.05) is 0 Å². The van der Waals surface area contributed by atoms with E-state index in [2.05, 4.69) is 4.98 Å². The van der Waals surface area contributed by atoms with Gasteiger partial charge < -0.3 is 15.2 Å². The predicted molar refractivity (Wildman–Crippen MR) is 57.2 cm³/mol. The molecule has 1 heterocycles. The average Bonchev–Trinajstić information content (AvgIpc) is 2.25. The second-order valence-corrected chi connectivity index (χ2v) is 2.99. The number of nitrogens with zero attached hydrogens (tertiary/aromatic N) is 1. The molecule has 0 aliphatic heterocycles. The van der Waals surface area contributed by atoms with Crippen molar-refractivity contribution in [2.24, 2.45) is 5.73 Å². The molecule has 0 fully saturated rings. The molecule has 0 saturated carbocycles. The van der Waals surface area contributed by atoms with E-state index in [1.54, 1.807) is 25.4 Å².